The Morgan fingerprint density at radius 3 is 2.85 bits per heavy atom. The number of nitrogens with one attached hydrogen (secondary N) is 2. The van der Waals surface area contributed by atoms with Gasteiger partial charge in [0.1, 0.15) is 5.82 Å². The Bertz CT molecular complexity index is 416. The molecule has 0 spiro atoms. The molecular formula is C15H21FN2O2. The second-order valence-electron chi connectivity index (χ2n) is 4.99. The normalized spacial score (nSPS) is 18.1. The first-order valence-electron chi connectivity index (χ1n) is 7.07. The van der Waals surface area contributed by atoms with E-state index in [1.807, 2.05) is 0 Å². The van der Waals surface area contributed by atoms with Gasteiger partial charge < -0.3 is 15.4 Å². The number of benzene rings is 1. The molecule has 1 saturated heterocycles. The van der Waals surface area contributed by atoms with Gasteiger partial charge in [-0.2, -0.15) is 0 Å². The Morgan fingerprint density at radius 2 is 2.15 bits per heavy atom. The summed E-state index contributed by atoms with van der Waals surface area (Å²) in [5.41, 5.74) is 1.05. The van der Waals surface area contributed by atoms with Crippen LogP contribution in [0.25, 0.3) is 0 Å². The van der Waals surface area contributed by atoms with Gasteiger partial charge in [0.2, 0.25) is 5.91 Å². The maximum Gasteiger partial charge on any atom is 0.234 e. The molecular weight excluding hydrogens is 259 g/mol. The van der Waals surface area contributed by atoms with E-state index in [2.05, 4.69) is 10.6 Å². The Kier molecular flexibility index (Phi) is 5.95. The van der Waals surface area contributed by atoms with Crippen LogP contribution >= 0.6 is 0 Å². The summed E-state index contributed by atoms with van der Waals surface area (Å²) >= 11 is 0. The van der Waals surface area contributed by atoms with E-state index in [0.717, 1.165) is 31.4 Å². The molecule has 2 rings (SSSR count). The number of rotatable bonds is 7. The van der Waals surface area contributed by atoms with Crippen molar-refractivity contribution >= 4 is 5.91 Å². The van der Waals surface area contributed by atoms with Gasteiger partial charge in [0.25, 0.3) is 0 Å². The van der Waals surface area contributed by atoms with Crippen LogP contribution in [0.1, 0.15) is 18.4 Å². The molecule has 1 aliphatic rings. The topological polar surface area (TPSA) is 50.4 Å². The average Bonchev–Trinajstić information content (AvgIpc) is 2.96. The summed E-state index contributed by atoms with van der Waals surface area (Å²) in [5.74, 6) is -0.241. The highest BCUT2D eigenvalue weighted by Gasteiger charge is 2.15. The zero-order valence-corrected chi connectivity index (χ0v) is 11.5. The van der Waals surface area contributed by atoms with Crippen LogP contribution in [-0.2, 0) is 16.0 Å². The van der Waals surface area contributed by atoms with Crippen LogP contribution in [0.4, 0.5) is 4.39 Å². The molecule has 0 bridgehead atoms. The zero-order chi connectivity index (χ0) is 14.2. The van der Waals surface area contributed by atoms with Crippen molar-refractivity contribution in [1.29, 1.82) is 0 Å². The van der Waals surface area contributed by atoms with Crippen LogP contribution in [0.2, 0.25) is 0 Å². The molecule has 1 aromatic carbocycles. The summed E-state index contributed by atoms with van der Waals surface area (Å²) in [6.07, 6.45) is 3.06. The molecule has 0 saturated carbocycles. The summed E-state index contributed by atoms with van der Waals surface area (Å²) in [4.78, 5) is 11.6. The van der Waals surface area contributed by atoms with Crippen molar-refractivity contribution in [2.75, 3.05) is 26.2 Å². The summed E-state index contributed by atoms with van der Waals surface area (Å²) in [5, 5.41) is 5.93. The molecule has 0 aliphatic carbocycles. The second kappa shape index (κ2) is 7.97. The Hall–Kier alpha value is -1.46. The molecule has 1 unspecified atom stereocenters. The van der Waals surface area contributed by atoms with E-state index in [0.29, 0.717) is 19.6 Å². The molecule has 5 heteroatoms. The van der Waals surface area contributed by atoms with Crippen LogP contribution in [-0.4, -0.2) is 38.3 Å². The fourth-order valence-electron chi connectivity index (χ4n) is 2.18. The molecule has 1 aromatic rings. The standard InChI is InChI=1S/C15H21FN2O2/c16-13-5-3-12(4-6-13)7-8-17-11-15(19)18-10-14-2-1-9-20-14/h3-6,14,17H,1-2,7-11H2,(H,18,19). The molecule has 110 valence electrons. The van der Waals surface area contributed by atoms with Crippen molar-refractivity contribution in [3.8, 4) is 0 Å². The minimum absolute atomic E-state index is 0.0143. The molecule has 1 atom stereocenters. The van der Waals surface area contributed by atoms with E-state index in [1.165, 1.54) is 12.1 Å². The van der Waals surface area contributed by atoms with Gasteiger partial charge in [-0.1, -0.05) is 12.1 Å². The van der Waals surface area contributed by atoms with Gasteiger partial charge >= 0.3 is 0 Å². The molecule has 1 fully saturated rings. The zero-order valence-electron chi connectivity index (χ0n) is 11.5. The molecule has 4 nitrogen and oxygen atoms in total. The van der Waals surface area contributed by atoms with Crippen LogP contribution in [0.15, 0.2) is 24.3 Å². The first kappa shape index (κ1) is 14.9. The third-order valence-electron chi connectivity index (χ3n) is 3.34. The summed E-state index contributed by atoms with van der Waals surface area (Å²) < 4.78 is 18.1. The number of carbonyl (C=O) groups excluding carboxylic acids is 1. The third-order valence-corrected chi connectivity index (χ3v) is 3.34. The van der Waals surface area contributed by atoms with Crippen LogP contribution in [0, 0.1) is 5.82 Å². The Morgan fingerprint density at radius 1 is 1.35 bits per heavy atom. The van der Waals surface area contributed by atoms with Crippen molar-refractivity contribution in [2.45, 2.75) is 25.4 Å². The van der Waals surface area contributed by atoms with E-state index in [-0.39, 0.29) is 17.8 Å². The van der Waals surface area contributed by atoms with Gasteiger partial charge in [-0.15, -0.1) is 0 Å². The number of amides is 1. The van der Waals surface area contributed by atoms with Gasteiger partial charge in [-0.3, -0.25) is 4.79 Å². The van der Waals surface area contributed by atoms with Crippen LogP contribution < -0.4 is 10.6 Å². The number of hydrogen-bond donors (Lipinski definition) is 2. The van der Waals surface area contributed by atoms with Gasteiger partial charge in [0.05, 0.1) is 12.6 Å². The lowest BCUT2D eigenvalue weighted by Gasteiger charge is -2.11. The lowest BCUT2D eigenvalue weighted by atomic mass is 10.1. The second-order valence-corrected chi connectivity index (χ2v) is 4.99. The fraction of sp³-hybridized carbons (Fsp3) is 0.533. The molecule has 1 amide bonds. The Balaban J connectivity index is 1.53. The highest BCUT2D eigenvalue weighted by atomic mass is 19.1. The number of ether oxygens (including phenoxy) is 1. The average molecular weight is 280 g/mol. The predicted octanol–water partition coefficient (Wildman–Crippen LogP) is 1.25. The van der Waals surface area contributed by atoms with Crippen molar-refractivity contribution in [1.82, 2.24) is 10.6 Å². The van der Waals surface area contributed by atoms with Crippen molar-refractivity contribution in [3.63, 3.8) is 0 Å². The minimum atomic E-state index is -0.227. The molecule has 1 heterocycles. The van der Waals surface area contributed by atoms with E-state index >= 15 is 0 Å². The summed E-state index contributed by atoms with van der Waals surface area (Å²) in [7, 11) is 0. The highest BCUT2D eigenvalue weighted by molar-refractivity contribution is 5.77. The number of halogens is 1. The maximum absolute atomic E-state index is 12.7. The summed E-state index contributed by atoms with van der Waals surface area (Å²) in [6, 6.07) is 6.41. The predicted molar refractivity (Wildman–Crippen MR) is 75.0 cm³/mol. The van der Waals surface area contributed by atoms with Gasteiger partial charge in [0.15, 0.2) is 0 Å². The summed E-state index contributed by atoms with van der Waals surface area (Å²) in [6.45, 7) is 2.39. The van der Waals surface area contributed by atoms with Gasteiger partial charge in [-0.25, -0.2) is 4.39 Å². The van der Waals surface area contributed by atoms with E-state index < -0.39 is 0 Å². The quantitative estimate of drug-likeness (QED) is 0.739. The highest BCUT2D eigenvalue weighted by Crippen LogP contribution is 2.10. The monoisotopic (exact) mass is 280 g/mol. The van der Waals surface area contributed by atoms with Gasteiger partial charge in [0, 0.05) is 13.2 Å². The molecule has 2 N–H and O–H groups in total. The molecule has 0 radical (unpaired) electrons. The first-order chi connectivity index (χ1) is 9.74. The van der Waals surface area contributed by atoms with E-state index in [1.54, 1.807) is 12.1 Å². The largest absolute Gasteiger partial charge is 0.376 e. The Labute approximate surface area is 118 Å². The number of hydrogen-bond acceptors (Lipinski definition) is 3. The lowest BCUT2D eigenvalue weighted by Crippen LogP contribution is -2.38. The van der Waals surface area contributed by atoms with Crippen LogP contribution in [0.5, 0.6) is 0 Å². The molecule has 20 heavy (non-hydrogen) atoms. The van der Waals surface area contributed by atoms with E-state index in [4.69, 9.17) is 4.74 Å². The SMILES string of the molecule is O=C(CNCCc1ccc(F)cc1)NCC1CCCO1. The smallest absolute Gasteiger partial charge is 0.234 e. The molecule has 1 aliphatic heterocycles. The van der Waals surface area contributed by atoms with Crippen LogP contribution in [0.3, 0.4) is 0 Å². The third kappa shape index (κ3) is 5.27. The van der Waals surface area contributed by atoms with E-state index in [9.17, 15) is 9.18 Å². The number of carbonyl (C=O) groups is 1. The minimum Gasteiger partial charge on any atom is -0.376 e. The lowest BCUT2D eigenvalue weighted by molar-refractivity contribution is -0.120. The molecule has 0 aromatic heterocycles. The van der Waals surface area contributed by atoms with Gasteiger partial charge in [-0.05, 0) is 43.5 Å². The van der Waals surface area contributed by atoms with Crippen molar-refractivity contribution in [3.05, 3.63) is 35.6 Å². The fourth-order valence-corrected chi connectivity index (χ4v) is 2.18. The van der Waals surface area contributed by atoms with Crippen molar-refractivity contribution < 1.29 is 13.9 Å². The van der Waals surface area contributed by atoms with Crippen molar-refractivity contribution in [2.24, 2.45) is 0 Å². The maximum atomic E-state index is 12.7. The first-order valence-corrected chi connectivity index (χ1v) is 7.07.